The first-order chi connectivity index (χ1) is 11.5. The van der Waals surface area contributed by atoms with Crippen LogP contribution in [0, 0.1) is 5.41 Å². The summed E-state index contributed by atoms with van der Waals surface area (Å²) < 4.78 is 0. The fourth-order valence-corrected chi connectivity index (χ4v) is 3.88. The monoisotopic (exact) mass is 351 g/mol. The lowest BCUT2D eigenvalue weighted by molar-refractivity contribution is -0.152. The minimum atomic E-state index is -0.735. The largest absolute Gasteiger partial charge is 0.481 e. The summed E-state index contributed by atoms with van der Waals surface area (Å²) in [6.45, 7) is 3.11. The molecule has 1 amide bonds. The van der Waals surface area contributed by atoms with Crippen LogP contribution in [0.4, 0.5) is 0 Å². The number of carboxylic acids is 1. The van der Waals surface area contributed by atoms with Gasteiger partial charge in [0.1, 0.15) is 0 Å². The Morgan fingerprint density at radius 2 is 1.83 bits per heavy atom. The van der Waals surface area contributed by atoms with Crippen LogP contribution in [0.1, 0.15) is 43.0 Å². The van der Waals surface area contributed by atoms with Gasteiger partial charge in [-0.15, -0.1) is 11.8 Å². The number of rotatable bonds is 7. The second-order valence-electron chi connectivity index (χ2n) is 6.22. The highest BCUT2D eigenvalue weighted by atomic mass is 32.2. The Morgan fingerprint density at radius 1 is 1.21 bits per heavy atom. The van der Waals surface area contributed by atoms with Gasteiger partial charge in [0.05, 0.1) is 12.0 Å². The molecule has 0 radical (unpaired) electrons. The van der Waals surface area contributed by atoms with Crippen LogP contribution in [-0.2, 0) is 4.79 Å². The minimum Gasteiger partial charge on any atom is -0.481 e. The maximum atomic E-state index is 12.6. The number of hydrogen-bond acceptors (Lipinski definition) is 4. The zero-order valence-corrected chi connectivity index (χ0v) is 14.8. The van der Waals surface area contributed by atoms with E-state index in [0.29, 0.717) is 43.7 Å². The average Bonchev–Trinajstić information content (AvgIpc) is 2.60. The van der Waals surface area contributed by atoms with Gasteiger partial charge in [-0.2, -0.15) is 0 Å². The molecule has 1 heterocycles. The summed E-state index contributed by atoms with van der Waals surface area (Å²) in [5, 5.41) is 18.4. The van der Waals surface area contributed by atoms with Crippen molar-refractivity contribution in [3.63, 3.8) is 0 Å². The summed E-state index contributed by atoms with van der Waals surface area (Å²) in [5.74, 6) is -0.139. The molecule has 0 bridgehead atoms. The Balaban J connectivity index is 1.98. The number of hydrogen-bond donors (Lipinski definition) is 2. The van der Waals surface area contributed by atoms with Crippen molar-refractivity contribution in [1.29, 1.82) is 0 Å². The van der Waals surface area contributed by atoms with Gasteiger partial charge in [0.15, 0.2) is 0 Å². The molecule has 0 spiro atoms. The Labute approximate surface area is 147 Å². The van der Waals surface area contributed by atoms with Gasteiger partial charge in [0.25, 0.3) is 5.91 Å². The summed E-state index contributed by atoms with van der Waals surface area (Å²) in [7, 11) is 0. The molecular formula is C18H25NO4S. The Kier molecular flexibility index (Phi) is 6.69. The van der Waals surface area contributed by atoms with Crippen molar-refractivity contribution in [3.05, 3.63) is 29.8 Å². The number of aliphatic hydroxyl groups excluding tert-OH is 1. The average molecular weight is 351 g/mol. The number of carboxylic acid groups (broad SMARTS) is 1. The molecule has 1 aliphatic rings. The molecule has 5 nitrogen and oxygen atoms in total. The summed E-state index contributed by atoms with van der Waals surface area (Å²) in [4.78, 5) is 27.0. The van der Waals surface area contributed by atoms with Crippen LogP contribution in [0.3, 0.4) is 0 Å². The van der Waals surface area contributed by atoms with Gasteiger partial charge in [-0.25, -0.2) is 0 Å². The highest BCUT2D eigenvalue weighted by Gasteiger charge is 2.41. The first-order valence-corrected chi connectivity index (χ1v) is 9.37. The molecule has 0 aromatic heterocycles. The first-order valence-electron chi connectivity index (χ1n) is 8.39. The topological polar surface area (TPSA) is 77.8 Å². The third-order valence-corrected chi connectivity index (χ3v) is 5.64. The van der Waals surface area contributed by atoms with Crippen molar-refractivity contribution in [1.82, 2.24) is 4.90 Å². The van der Waals surface area contributed by atoms with E-state index in [1.165, 1.54) is 0 Å². The SMILES string of the molecule is CCCC1(C(=O)O)CCN(C(=O)c2ccc(SCCO)cc2)CC1. The number of carbonyl (C=O) groups excluding carboxylic acids is 1. The predicted molar refractivity (Wildman–Crippen MR) is 94.4 cm³/mol. The van der Waals surface area contributed by atoms with E-state index < -0.39 is 11.4 Å². The van der Waals surface area contributed by atoms with Crippen molar-refractivity contribution in [3.8, 4) is 0 Å². The Bertz CT molecular complexity index is 565. The number of nitrogens with zero attached hydrogens (tertiary/aromatic N) is 1. The van der Waals surface area contributed by atoms with Crippen molar-refractivity contribution in [2.24, 2.45) is 5.41 Å². The maximum Gasteiger partial charge on any atom is 0.309 e. The third kappa shape index (κ3) is 4.30. The fraction of sp³-hybridized carbons (Fsp3) is 0.556. The van der Waals surface area contributed by atoms with Crippen LogP contribution in [-0.4, -0.2) is 52.4 Å². The molecule has 0 aliphatic carbocycles. The first kappa shape index (κ1) is 18.8. The van der Waals surface area contributed by atoms with Gasteiger partial charge in [0, 0.05) is 29.3 Å². The molecule has 0 unspecified atom stereocenters. The number of benzene rings is 1. The molecule has 24 heavy (non-hydrogen) atoms. The number of carbonyl (C=O) groups is 2. The Morgan fingerprint density at radius 3 is 2.33 bits per heavy atom. The molecule has 132 valence electrons. The zero-order valence-electron chi connectivity index (χ0n) is 14.0. The standard InChI is InChI=1S/C18H25NO4S/c1-2-7-18(17(22)23)8-10-19(11-9-18)16(21)14-3-5-15(6-4-14)24-13-12-20/h3-6,20H,2,7-13H2,1H3,(H,22,23). The minimum absolute atomic E-state index is 0.0378. The highest BCUT2D eigenvalue weighted by molar-refractivity contribution is 7.99. The van der Waals surface area contributed by atoms with E-state index in [1.807, 2.05) is 19.1 Å². The van der Waals surface area contributed by atoms with Gasteiger partial charge < -0.3 is 15.1 Å². The number of amides is 1. The van der Waals surface area contributed by atoms with Gasteiger partial charge >= 0.3 is 5.97 Å². The maximum absolute atomic E-state index is 12.6. The fourth-order valence-electron chi connectivity index (χ4n) is 3.23. The van der Waals surface area contributed by atoms with Crippen LogP contribution in [0.25, 0.3) is 0 Å². The quantitative estimate of drug-likeness (QED) is 0.739. The van der Waals surface area contributed by atoms with Gasteiger partial charge in [-0.3, -0.25) is 9.59 Å². The molecule has 1 saturated heterocycles. The third-order valence-electron chi connectivity index (χ3n) is 4.65. The van der Waals surface area contributed by atoms with Gasteiger partial charge in [-0.05, 0) is 43.5 Å². The van der Waals surface area contributed by atoms with Crippen LogP contribution < -0.4 is 0 Å². The van der Waals surface area contributed by atoms with E-state index in [1.54, 1.807) is 28.8 Å². The molecule has 0 saturated carbocycles. The smallest absolute Gasteiger partial charge is 0.309 e. The number of piperidine rings is 1. The molecule has 1 aliphatic heterocycles. The molecule has 2 N–H and O–H groups in total. The predicted octanol–water partition coefficient (Wildman–Crippen LogP) is 2.88. The van der Waals surface area contributed by atoms with Crippen LogP contribution >= 0.6 is 11.8 Å². The van der Waals surface area contributed by atoms with E-state index >= 15 is 0 Å². The molecule has 1 aromatic carbocycles. The number of aliphatic hydroxyl groups is 1. The summed E-state index contributed by atoms with van der Waals surface area (Å²) in [6, 6.07) is 7.37. The van der Waals surface area contributed by atoms with Gasteiger partial charge in [-0.1, -0.05) is 13.3 Å². The van der Waals surface area contributed by atoms with Crippen molar-refractivity contribution >= 4 is 23.6 Å². The van der Waals surface area contributed by atoms with E-state index in [0.717, 1.165) is 11.3 Å². The second-order valence-corrected chi connectivity index (χ2v) is 7.39. The van der Waals surface area contributed by atoms with Crippen molar-refractivity contribution < 1.29 is 19.8 Å². The Hall–Kier alpha value is -1.53. The lowest BCUT2D eigenvalue weighted by Crippen LogP contribution is -2.46. The zero-order chi connectivity index (χ0) is 17.6. The molecule has 6 heteroatoms. The summed E-state index contributed by atoms with van der Waals surface area (Å²) in [6.07, 6.45) is 2.55. The van der Waals surface area contributed by atoms with E-state index in [-0.39, 0.29) is 12.5 Å². The molecular weight excluding hydrogens is 326 g/mol. The second kappa shape index (κ2) is 8.53. The highest BCUT2D eigenvalue weighted by Crippen LogP contribution is 2.36. The normalized spacial score (nSPS) is 16.8. The summed E-state index contributed by atoms with van der Waals surface area (Å²) >= 11 is 1.54. The molecule has 0 atom stereocenters. The molecule has 1 aromatic rings. The molecule has 2 rings (SSSR count). The van der Waals surface area contributed by atoms with E-state index in [9.17, 15) is 14.7 Å². The van der Waals surface area contributed by atoms with Crippen LogP contribution in [0.5, 0.6) is 0 Å². The van der Waals surface area contributed by atoms with E-state index in [2.05, 4.69) is 0 Å². The van der Waals surface area contributed by atoms with Crippen LogP contribution in [0.15, 0.2) is 29.2 Å². The van der Waals surface area contributed by atoms with E-state index in [4.69, 9.17) is 5.11 Å². The lowest BCUT2D eigenvalue weighted by atomic mass is 9.75. The molecule has 1 fully saturated rings. The lowest BCUT2D eigenvalue weighted by Gasteiger charge is -2.38. The van der Waals surface area contributed by atoms with Crippen molar-refractivity contribution in [2.75, 3.05) is 25.4 Å². The van der Waals surface area contributed by atoms with Crippen LogP contribution in [0.2, 0.25) is 0 Å². The van der Waals surface area contributed by atoms with Crippen molar-refractivity contribution in [2.45, 2.75) is 37.5 Å². The summed E-state index contributed by atoms with van der Waals surface area (Å²) in [5.41, 5.74) is -0.0438. The number of likely N-dealkylation sites (tertiary alicyclic amines) is 1. The number of aliphatic carboxylic acids is 1. The number of thioether (sulfide) groups is 1. The van der Waals surface area contributed by atoms with Gasteiger partial charge in [0.2, 0.25) is 0 Å².